The summed E-state index contributed by atoms with van der Waals surface area (Å²) in [6, 6.07) is 21.9. The fraction of sp³-hybridized carbons (Fsp3) is 0.600. The molecule has 34 heavy (non-hydrogen) atoms. The standard InChI is InChI=1S/C30H43N3O/c1-22(2)33-20-26-16-27(33)19-31(26)17-23-10-9-11-24(14-23)25-15-29(21-32(18-25)30(3,4)5)34-28-12-7-6-8-13-28/h6-14,22,25-27,29H,15-21H2,1-5H3/t25?,26-,27-,29?/m0/s1. The molecule has 3 heterocycles. The molecule has 2 aromatic carbocycles. The summed E-state index contributed by atoms with van der Waals surface area (Å²) in [6.07, 6.45) is 2.63. The van der Waals surface area contributed by atoms with Gasteiger partial charge in [0.05, 0.1) is 0 Å². The summed E-state index contributed by atoms with van der Waals surface area (Å²) in [5.74, 6) is 1.48. The minimum atomic E-state index is 0.131. The zero-order chi connectivity index (χ0) is 23.9. The number of ether oxygens (including phenoxy) is 1. The summed E-state index contributed by atoms with van der Waals surface area (Å²) in [6.45, 7) is 17.3. The maximum absolute atomic E-state index is 6.48. The lowest BCUT2D eigenvalue weighted by atomic mass is 9.86. The van der Waals surface area contributed by atoms with Gasteiger partial charge >= 0.3 is 0 Å². The number of rotatable bonds is 6. The second-order valence-corrected chi connectivity index (χ2v) is 12.1. The van der Waals surface area contributed by atoms with Crippen LogP contribution in [0.25, 0.3) is 0 Å². The average Bonchev–Trinajstić information content (AvgIpc) is 3.40. The number of nitrogens with zero attached hydrogens (tertiary/aromatic N) is 3. The maximum atomic E-state index is 6.48. The quantitative estimate of drug-likeness (QED) is 0.574. The van der Waals surface area contributed by atoms with Crippen LogP contribution >= 0.6 is 0 Å². The summed E-state index contributed by atoms with van der Waals surface area (Å²) in [7, 11) is 0. The van der Waals surface area contributed by atoms with E-state index in [2.05, 4.69) is 104 Å². The predicted octanol–water partition coefficient (Wildman–Crippen LogP) is 5.39. The average molecular weight is 462 g/mol. The highest BCUT2D eigenvalue weighted by Crippen LogP contribution is 2.35. The highest BCUT2D eigenvalue weighted by Gasteiger charge is 2.43. The Morgan fingerprint density at radius 2 is 1.68 bits per heavy atom. The Kier molecular flexibility index (Phi) is 6.76. The minimum absolute atomic E-state index is 0.131. The van der Waals surface area contributed by atoms with Crippen molar-refractivity contribution in [1.29, 1.82) is 0 Å². The summed E-state index contributed by atoms with van der Waals surface area (Å²) >= 11 is 0. The van der Waals surface area contributed by atoms with Crippen LogP contribution in [0.5, 0.6) is 5.75 Å². The molecule has 2 aromatic rings. The van der Waals surface area contributed by atoms with Crippen LogP contribution in [0.3, 0.4) is 0 Å². The summed E-state index contributed by atoms with van der Waals surface area (Å²) < 4.78 is 6.48. The van der Waals surface area contributed by atoms with E-state index in [1.54, 1.807) is 0 Å². The smallest absolute Gasteiger partial charge is 0.119 e. The van der Waals surface area contributed by atoms with E-state index in [0.29, 0.717) is 12.0 Å². The maximum Gasteiger partial charge on any atom is 0.119 e. The summed E-state index contributed by atoms with van der Waals surface area (Å²) in [5, 5.41) is 0. The number of piperazine rings is 1. The molecule has 4 nitrogen and oxygen atoms in total. The summed E-state index contributed by atoms with van der Waals surface area (Å²) in [5.41, 5.74) is 3.07. The number of piperidine rings is 1. The van der Waals surface area contributed by atoms with E-state index in [0.717, 1.165) is 43.9 Å². The molecule has 0 amide bonds. The Morgan fingerprint density at radius 3 is 2.35 bits per heavy atom. The number of benzene rings is 2. The molecule has 3 aliphatic heterocycles. The van der Waals surface area contributed by atoms with E-state index in [9.17, 15) is 0 Å². The first-order valence-corrected chi connectivity index (χ1v) is 13.3. The van der Waals surface area contributed by atoms with Crippen LogP contribution in [-0.2, 0) is 6.54 Å². The Balaban J connectivity index is 1.29. The van der Waals surface area contributed by atoms with Gasteiger partial charge in [-0.25, -0.2) is 0 Å². The third-order valence-electron chi connectivity index (χ3n) is 8.27. The molecule has 184 valence electrons. The van der Waals surface area contributed by atoms with Crippen LogP contribution in [0.1, 0.15) is 64.5 Å². The molecule has 2 unspecified atom stereocenters. The molecular formula is C30H43N3O. The third kappa shape index (κ3) is 5.19. The van der Waals surface area contributed by atoms with E-state index < -0.39 is 0 Å². The van der Waals surface area contributed by atoms with E-state index in [4.69, 9.17) is 4.74 Å². The fourth-order valence-corrected chi connectivity index (χ4v) is 6.41. The third-order valence-corrected chi connectivity index (χ3v) is 8.27. The lowest BCUT2D eigenvalue weighted by Gasteiger charge is -2.45. The van der Waals surface area contributed by atoms with E-state index in [1.165, 1.54) is 30.6 Å². The van der Waals surface area contributed by atoms with Gasteiger partial charge in [-0.1, -0.05) is 42.5 Å². The van der Waals surface area contributed by atoms with E-state index in [1.807, 2.05) is 0 Å². The summed E-state index contributed by atoms with van der Waals surface area (Å²) in [4.78, 5) is 8.04. The molecule has 0 aliphatic carbocycles. The first kappa shape index (κ1) is 23.8. The van der Waals surface area contributed by atoms with Crippen molar-refractivity contribution < 1.29 is 4.74 Å². The molecule has 2 bridgehead atoms. The number of hydrogen-bond acceptors (Lipinski definition) is 4. The van der Waals surface area contributed by atoms with Crippen LogP contribution in [0.4, 0.5) is 0 Å². The van der Waals surface area contributed by atoms with Crippen molar-refractivity contribution in [3.63, 3.8) is 0 Å². The predicted molar refractivity (Wildman–Crippen MR) is 140 cm³/mol. The first-order chi connectivity index (χ1) is 16.3. The van der Waals surface area contributed by atoms with Crippen molar-refractivity contribution in [1.82, 2.24) is 14.7 Å². The molecule has 0 N–H and O–H groups in total. The van der Waals surface area contributed by atoms with Crippen LogP contribution in [0, 0.1) is 0 Å². The fourth-order valence-electron chi connectivity index (χ4n) is 6.41. The molecule has 4 heteroatoms. The van der Waals surface area contributed by atoms with Crippen molar-refractivity contribution in [2.75, 3.05) is 26.2 Å². The lowest BCUT2D eigenvalue weighted by molar-refractivity contribution is 0.0239. The molecule has 3 saturated heterocycles. The van der Waals surface area contributed by atoms with Crippen LogP contribution in [0.2, 0.25) is 0 Å². The van der Waals surface area contributed by atoms with Gasteiger partial charge in [-0.05, 0) is 70.7 Å². The van der Waals surface area contributed by atoms with Gasteiger partial charge in [0.2, 0.25) is 0 Å². The van der Waals surface area contributed by atoms with Gasteiger partial charge in [0, 0.05) is 62.3 Å². The Bertz CT molecular complexity index is 953. The van der Waals surface area contributed by atoms with Crippen molar-refractivity contribution in [3.05, 3.63) is 65.7 Å². The van der Waals surface area contributed by atoms with Gasteiger partial charge in [0.25, 0.3) is 0 Å². The van der Waals surface area contributed by atoms with Crippen molar-refractivity contribution in [3.8, 4) is 5.75 Å². The molecule has 4 atom stereocenters. The van der Waals surface area contributed by atoms with Crippen LogP contribution < -0.4 is 4.74 Å². The lowest BCUT2D eigenvalue weighted by Crippen LogP contribution is -2.52. The number of fused-ring (bicyclic) bond motifs is 2. The molecular weight excluding hydrogens is 418 g/mol. The molecule has 0 aromatic heterocycles. The molecule has 3 fully saturated rings. The van der Waals surface area contributed by atoms with Crippen molar-refractivity contribution >= 4 is 0 Å². The first-order valence-electron chi connectivity index (χ1n) is 13.3. The molecule has 3 aliphatic rings. The number of para-hydroxylation sites is 1. The monoisotopic (exact) mass is 461 g/mol. The highest BCUT2D eigenvalue weighted by molar-refractivity contribution is 5.28. The topological polar surface area (TPSA) is 19.0 Å². The Hall–Kier alpha value is -1.88. The minimum Gasteiger partial charge on any atom is -0.489 e. The van der Waals surface area contributed by atoms with Gasteiger partial charge in [-0.15, -0.1) is 0 Å². The number of hydrogen-bond donors (Lipinski definition) is 0. The molecule has 0 radical (unpaired) electrons. The second-order valence-electron chi connectivity index (χ2n) is 12.1. The molecule has 0 saturated carbocycles. The van der Waals surface area contributed by atoms with Gasteiger partial charge in [-0.2, -0.15) is 0 Å². The van der Waals surface area contributed by atoms with Gasteiger partial charge in [0.15, 0.2) is 0 Å². The SMILES string of the molecule is CC(C)N1C[C@@H]2C[C@H]1CN2Cc1cccc(C2CC(Oc3ccccc3)CN(C(C)(C)C)C2)c1. The van der Waals surface area contributed by atoms with E-state index >= 15 is 0 Å². The van der Waals surface area contributed by atoms with Crippen LogP contribution in [0.15, 0.2) is 54.6 Å². The largest absolute Gasteiger partial charge is 0.489 e. The Labute approximate surface area is 206 Å². The van der Waals surface area contributed by atoms with E-state index in [-0.39, 0.29) is 11.6 Å². The van der Waals surface area contributed by atoms with Crippen molar-refractivity contribution in [2.24, 2.45) is 0 Å². The molecule has 5 rings (SSSR count). The Morgan fingerprint density at radius 1 is 0.882 bits per heavy atom. The zero-order valence-electron chi connectivity index (χ0n) is 21.8. The highest BCUT2D eigenvalue weighted by atomic mass is 16.5. The van der Waals surface area contributed by atoms with Gasteiger partial charge < -0.3 is 4.74 Å². The zero-order valence-corrected chi connectivity index (χ0v) is 21.8. The molecule has 0 spiro atoms. The van der Waals surface area contributed by atoms with Crippen LogP contribution in [-0.4, -0.2) is 70.6 Å². The second kappa shape index (κ2) is 9.64. The van der Waals surface area contributed by atoms with Crippen molar-refractivity contribution in [2.45, 2.75) is 89.7 Å². The normalized spacial score (nSPS) is 28.6. The number of likely N-dealkylation sites (tertiary alicyclic amines) is 3. The van der Waals surface area contributed by atoms with Gasteiger partial charge in [-0.3, -0.25) is 14.7 Å². The van der Waals surface area contributed by atoms with Gasteiger partial charge in [0.1, 0.15) is 11.9 Å².